The molecular formula is C32H43N3O7. The van der Waals surface area contributed by atoms with Crippen LogP contribution in [-0.2, 0) is 19.1 Å². The highest BCUT2D eigenvalue weighted by Gasteiger charge is 2.31. The molecular weight excluding hydrogens is 538 g/mol. The molecule has 0 aliphatic heterocycles. The molecule has 2 aromatic carbocycles. The van der Waals surface area contributed by atoms with E-state index in [1.54, 1.807) is 20.8 Å². The van der Waals surface area contributed by atoms with Gasteiger partial charge in [0.05, 0.1) is 0 Å². The summed E-state index contributed by atoms with van der Waals surface area (Å²) in [7, 11) is 0. The smallest absolute Gasteiger partial charge is 0.407 e. The van der Waals surface area contributed by atoms with Gasteiger partial charge in [-0.25, -0.2) is 14.4 Å². The number of fused-ring (bicyclic) bond motifs is 3. The molecule has 0 unspecified atom stereocenters. The Morgan fingerprint density at radius 3 is 2.00 bits per heavy atom. The summed E-state index contributed by atoms with van der Waals surface area (Å²) in [5, 5.41) is 17.5. The molecule has 228 valence electrons. The van der Waals surface area contributed by atoms with Crippen LogP contribution >= 0.6 is 0 Å². The number of aliphatic carboxylic acids is 1. The number of nitrogens with one attached hydrogen (secondary N) is 3. The van der Waals surface area contributed by atoms with Gasteiger partial charge in [-0.3, -0.25) is 4.79 Å². The minimum absolute atomic E-state index is 0.0526. The highest BCUT2D eigenvalue weighted by atomic mass is 16.6. The van der Waals surface area contributed by atoms with Gasteiger partial charge in [0.2, 0.25) is 5.91 Å². The first-order valence-electron chi connectivity index (χ1n) is 14.5. The lowest BCUT2D eigenvalue weighted by Crippen LogP contribution is -2.52. The van der Waals surface area contributed by atoms with Crippen LogP contribution in [0, 0.1) is 5.92 Å². The highest BCUT2D eigenvalue weighted by Crippen LogP contribution is 2.44. The number of carboxylic acid groups (broad SMARTS) is 1. The number of hydrogen-bond acceptors (Lipinski definition) is 6. The number of rotatable bonds is 13. The van der Waals surface area contributed by atoms with E-state index in [1.807, 2.05) is 62.4 Å². The number of unbranched alkanes of at least 4 members (excludes halogenated alkanes) is 1. The number of carbonyl (C=O) groups is 4. The molecule has 0 radical (unpaired) electrons. The van der Waals surface area contributed by atoms with Crippen molar-refractivity contribution in [2.24, 2.45) is 5.92 Å². The first kappa shape index (κ1) is 32.4. The zero-order valence-corrected chi connectivity index (χ0v) is 25.1. The number of benzene rings is 2. The van der Waals surface area contributed by atoms with Crippen molar-refractivity contribution in [2.75, 3.05) is 13.2 Å². The van der Waals surface area contributed by atoms with E-state index in [2.05, 4.69) is 16.0 Å². The number of ether oxygens (including phenoxy) is 2. The molecule has 10 nitrogen and oxygen atoms in total. The molecule has 0 saturated heterocycles. The van der Waals surface area contributed by atoms with E-state index in [-0.39, 0.29) is 24.9 Å². The molecule has 2 atom stereocenters. The van der Waals surface area contributed by atoms with Crippen LogP contribution in [0.15, 0.2) is 48.5 Å². The summed E-state index contributed by atoms with van der Waals surface area (Å²) in [5.74, 6) is -1.83. The Hall–Kier alpha value is -4.08. The van der Waals surface area contributed by atoms with Crippen LogP contribution in [0.25, 0.3) is 11.1 Å². The SMILES string of the molecule is CC(C)C[C@@H](NC(=O)OCC1c2ccccc2-c2ccccc21)C(=O)N[C@@H](CCCCNC(=O)OC(C)(C)C)C(=O)O. The normalized spacial score (nSPS) is 13.9. The summed E-state index contributed by atoms with van der Waals surface area (Å²) in [6.07, 6.45) is 0.145. The van der Waals surface area contributed by atoms with Gasteiger partial charge in [0.25, 0.3) is 0 Å². The van der Waals surface area contributed by atoms with Gasteiger partial charge < -0.3 is 30.5 Å². The van der Waals surface area contributed by atoms with Crippen LogP contribution in [0.1, 0.15) is 77.3 Å². The molecule has 0 spiro atoms. The molecule has 4 N–H and O–H groups in total. The minimum atomic E-state index is -1.17. The first-order chi connectivity index (χ1) is 19.9. The molecule has 42 heavy (non-hydrogen) atoms. The summed E-state index contributed by atoms with van der Waals surface area (Å²) >= 11 is 0. The maximum Gasteiger partial charge on any atom is 0.407 e. The van der Waals surface area contributed by atoms with Crippen LogP contribution in [0.4, 0.5) is 9.59 Å². The van der Waals surface area contributed by atoms with Crippen LogP contribution in [0.2, 0.25) is 0 Å². The number of carboxylic acids is 1. The van der Waals surface area contributed by atoms with Gasteiger partial charge in [-0.1, -0.05) is 62.4 Å². The van der Waals surface area contributed by atoms with Gasteiger partial charge >= 0.3 is 18.2 Å². The lowest BCUT2D eigenvalue weighted by atomic mass is 9.98. The summed E-state index contributed by atoms with van der Waals surface area (Å²) in [4.78, 5) is 49.6. The van der Waals surface area contributed by atoms with E-state index in [9.17, 15) is 24.3 Å². The fraction of sp³-hybridized carbons (Fsp3) is 0.500. The lowest BCUT2D eigenvalue weighted by Gasteiger charge is -2.23. The molecule has 1 aliphatic rings. The van der Waals surface area contributed by atoms with Crippen LogP contribution in [0.5, 0.6) is 0 Å². The third-order valence-corrected chi connectivity index (χ3v) is 6.86. The van der Waals surface area contributed by atoms with Crippen molar-refractivity contribution in [1.29, 1.82) is 0 Å². The molecule has 1 aliphatic carbocycles. The van der Waals surface area contributed by atoms with Crippen molar-refractivity contribution in [3.05, 3.63) is 59.7 Å². The monoisotopic (exact) mass is 581 g/mol. The highest BCUT2D eigenvalue weighted by molar-refractivity contribution is 5.89. The fourth-order valence-electron chi connectivity index (χ4n) is 4.99. The minimum Gasteiger partial charge on any atom is -0.480 e. The molecule has 0 saturated carbocycles. The third-order valence-electron chi connectivity index (χ3n) is 6.86. The molecule has 3 amide bonds. The van der Waals surface area contributed by atoms with Gasteiger partial charge in [0.1, 0.15) is 24.3 Å². The van der Waals surface area contributed by atoms with E-state index in [0.29, 0.717) is 25.8 Å². The van der Waals surface area contributed by atoms with E-state index in [1.165, 1.54) is 0 Å². The fourth-order valence-corrected chi connectivity index (χ4v) is 4.99. The second-order valence-corrected chi connectivity index (χ2v) is 12.0. The van der Waals surface area contributed by atoms with E-state index >= 15 is 0 Å². The van der Waals surface area contributed by atoms with Crippen molar-refractivity contribution in [1.82, 2.24) is 16.0 Å². The van der Waals surface area contributed by atoms with Crippen LogP contribution in [0.3, 0.4) is 0 Å². The molecule has 2 aromatic rings. The predicted molar refractivity (Wildman–Crippen MR) is 159 cm³/mol. The standard InChI is InChI=1S/C32H43N3O7/c1-20(2)18-27(28(36)34-26(29(37)38)16-10-11-17-33-30(39)42-32(3,4)5)35-31(40)41-19-25-23-14-8-6-12-21(23)22-13-7-9-15-24(22)25/h6-9,12-15,20,25-27H,10-11,16-19H2,1-5H3,(H,33,39)(H,34,36)(H,35,40)(H,37,38)/t26-,27+/m0/s1. The first-order valence-corrected chi connectivity index (χ1v) is 14.5. The van der Waals surface area contributed by atoms with Crippen molar-refractivity contribution < 1.29 is 33.8 Å². The molecule has 3 rings (SSSR count). The van der Waals surface area contributed by atoms with Crippen molar-refractivity contribution >= 4 is 24.1 Å². The average molecular weight is 582 g/mol. The molecule has 0 fully saturated rings. The van der Waals surface area contributed by atoms with Gasteiger partial charge in [-0.15, -0.1) is 0 Å². The van der Waals surface area contributed by atoms with Gasteiger partial charge in [0, 0.05) is 12.5 Å². The van der Waals surface area contributed by atoms with Gasteiger partial charge in [-0.2, -0.15) is 0 Å². The zero-order valence-electron chi connectivity index (χ0n) is 25.1. The van der Waals surface area contributed by atoms with Crippen molar-refractivity contribution in [2.45, 2.75) is 83.9 Å². The van der Waals surface area contributed by atoms with Crippen LogP contribution < -0.4 is 16.0 Å². The Bertz CT molecular complexity index is 1210. The summed E-state index contributed by atoms with van der Waals surface area (Å²) in [6, 6.07) is 13.9. The predicted octanol–water partition coefficient (Wildman–Crippen LogP) is 5.20. The Morgan fingerprint density at radius 1 is 0.857 bits per heavy atom. The lowest BCUT2D eigenvalue weighted by molar-refractivity contribution is -0.142. The number of alkyl carbamates (subject to hydrolysis) is 2. The number of amides is 3. The number of hydrogen-bond donors (Lipinski definition) is 4. The van der Waals surface area contributed by atoms with E-state index in [4.69, 9.17) is 9.47 Å². The molecule has 10 heteroatoms. The summed E-state index contributed by atoms with van der Waals surface area (Å²) in [5.41, 5.74) is 3.77. The van der Waals surface area contributed by atoms with Gasteiger partial charge in [-0.05, 0) is 74.6 Å². The topological polar surface area (TPSA) is 143 Å². The third kappa shape index (κ3) is 9.49. The van der Waals surface area contributed by atoms with E-state index < -0.39 is 41.7 Å². The Kier molecular flexibility index (Phi) is 11.4. The van der Waals surface area contributed by atoms with Crippen LogP contribution in [-0.4, -0.2) is 60.0 Å². The van der Waals surface area contributed by atoms with Crippen molar-refractivity contribution in [3.63, 3.8) is 0 Å². The van der Waals surface area contributed by atoms with Gasteiger partial charge in [0.15, 0.2) is 0 Å². The average Bonchev–Trinajstić information content (AvgIpc) is 3.23. The second kappa shape index (κ2) is 14.7. The molecule has 0 heterocycles. The Morgan fingerprint density at radius 2 is 1.45 bits per heavy atom. The molecule has 0 bridgehead atoms. The zero-order chi connectivity index (χ0) is 30.9. The summed E-state index contributed by atoms with van der Waals surface area (Å²) in [6.45, 7) is 9.53. The maximum atomic E-state index is 13.1. The number of carbonyl (C=O) groups excluding carboxylic acids is 3. The molecule has 0 aromatic heterocycles. The Labute approximate surface area is 247 Å². The van der Waals surface area contributed by atoms with E-state index in [0.717, 1.165) is 22.3 Å². The quantitative estimate of drug-likeness (QED) is 0.238. The summed E-state index contributed by atoms with van der Waals surface area (Å²) < 4.78 is 10.8. The maximum absolute atomic E-state index is 13.1. The largest absolute Gasteiger partial charge is 0.480 e. The Balaban J connectivity index is 1.53. The van der Waals surface area contributed by atoms with Crippen molar-refractivity contribution in [3.8, 4) is 11.1 Å². The second-order valence-electron chi connectivity index (χ2n) is 12.0.